The third kappa shape index (κ3) is 5.31. The van der Waals surface area contributed by atoms with E-state index < -0.39 is 0 Å². The Labute approximate surface area is 167 Å². The molecule has 5 nitrogen and oxygen atoms in total. The Hall–Kier alpha value is -1.95. The summed E-state index contributed by atoms with van der Waals surface area (Å²) in [6.07, 6.45) is 3.20. The smallest absolute Gasteiger partial charge is 0.224 e. The van der Waals surface area contributed by atoms with E-state index >= 15 is 0 Å². The van der Waals surface area contributed by atoms with Gasteiger partial charge in [-0.15, -0.1) is 0 Å². The maximum atomic E-state index is 13.2. The predicted octanol–water partition coefficient (Wildman–Crippen LogP) is 2.90. The fourth-order valence-corrected chi connectivity index (χ4v) is 4.18. The molecule has 0 aromatic heterocycles. The first-order chi connectivity index (χ1) is 13.4. The molecule has 0 saturated carbocycles. The molecule has 0 radical (unpaired) electrons. The summed E-state index contributed by atoms with van der Waals surface area (Å²) in [4.78, 5) is 31.4. The van der Waals surface area contributed by atoms with Crippen LogP contribution in [0.1, 0.15) is 45.1 Å². The third-order valence-electron chi connectivity index (χ3n) is 5.94. The molecule has 1 atom stereocenters. The van der Waals surface area contributed by atoms with Crippen LogP contribution in [0.15, 0.2) is 24.3 Å². The van der Waals surface area contributed by atoms with Crippen molar-refractivity contribution in [2.75, 3.05) is 32.7 Å². The molecule has 3 rings (SSSR count). The summed E-state index contributed by atoms with van der Waals surface area (Å²) in [6.45, 7) is 8.71. The van der Waals surface area contributed by atoms with Crippen molar-refractivity contribution >= 4 is 11.8 Å². The summed E-state index contributed by atoms with van der Waals surface area (Å²) in [5.74, 6) is 0.410. The van der Waals surface area contributed by atoms with Crippen LogP contribution in [-0.2, 0) is 16.1 Å². The number of benzene rings is 1. The Morgan fingerprint density at radius 2 is 1.82 bits per heavy atom. The largest absolute Gasteiger partial charge is 0.343 e. The lowest BCUT2D eigenvalue weighted by molar-refractivity contribution is -0.134. The molecule has 0 spiro atoms. The van der Waals surface area contributed by atoms with Crippen LogP contribution in [0.25, 0.3) is 0 Å². The monoisotopic (exact) mass is 389 g/mol. The number of likely N-dealkylation sites (tertiary alicyclic amines) is 1. The zero-order chi connectivity index (χ0) is 20.1. The van der Waals surface area contributed by atoms with Crippen molar-refractivity contribution in [3.8, 4) is 0 Å². The van der Waals surface area contributed by atoms with Gasteiger partial charge in [0.05, 0.1) is 0 Å². The zero-order valence-corrected chi connectivity index (χ0v) is 17.1. The Kier molecular flexibility index (Phi) is 7.05. The lowest BCUT2D eigenvalue weighted by Crippen LogP contribution is -2.46. The van der Waals surface area contributed by atoms with Crippen molar-refractivity contribution in [1.82, 2.24) is 14.7 Å². The highest BCUT2D eigenvalue weighted by molar-refractivity contribution is 5.77. The van der Waals surface area contributed by atoms with Gasteiger partial charge in [-0.3, -0.25) is 9.59 Å². The minimum absolute atomic E-state index is 0.0851. The number of rotatable bonds is 6. The zero-order valence-electron chi connectivity index (χ0n) is 17.1. The van der Waals surface area contributed by atoms with Crippen LogP contribution in [0.3, 0.4) is 0 Å². The summed E-state index contributed by atoms with van der Waals surface area (Å²) < 4.78 is 13.2. The van der Waals surface area contributed by atoms with E-state index in [-0.39, 0.29) is 23.7 Å². The molecule has 1 aromatic carbocycles. The van der Waals surface area contributed by atoms with Crippen LogP contribution >= 0.6 is 0 Å². The maximum absolute atomic E-state index is 13.2. The van der Waals surface area contributed by atoms with Crippen LogP contribution in [-0.4, -0.2) is 65.3 Å². The molecular formula is C22H32FN3O2. The first kappa shape index (κ1) is 20.8. The molecule has 2 aliphatic heterocycles. The molecule has 28 heavy (non-hydrogen) atoms. The van der Waals surface area contributed by atoms with E-state index in [0.717, 1.165) is 38.0 Å². The Morgan fingerprint density at radius 3 is 2.46 bits per heavy atom. The topological polar surface area (TPSA) is 43.9 Å². The van der Waals surface area contributed by atoms with Gasteiger partial charge in [0.25, 0.3) is 0 Å². The van der Waals surface area contributed by atoms with Gasteiger partial charge in [0.2, 0.25) is 11.8 Å². The van der Waals surface area contributed by atoms with Crippen molar-refractivity contribution in [3.05, 3.63) is 35.6 Å². The van der Waals surface area contributed by atoms with Crippen LogP contribution in [0, 0.1) is 11.7 Å². The Bertz CT molecular complexity index is 671. The minimum atomic E-state index is -0.264. The number of halogens is 1. The molecule has 1 unspecified atom stereocenters. The van der Waals surface area contributed by atoms with E-state index in [4.69, 9.17) is 0 Å². The molecule has 2 aliphatic rings. The van der Waals surface area contributed by atoms with Gasteiger partial charge in [0.1, 0.15) is 5.82 Å². The second kappa shape index (κ2) is 9.50. The van der Waals surface area contributed by atoms with Gasteiger partial charge >= 0.3 is 0 Å². The van der Waals surface area contributed by atoms with Gasteiger partial charge in [-0.05, 0) is 36.5 Å². The quantitative estimate of drug-likeness (QED) is 0.751. The molecule has 0 aliphatic carbocycles. The summed E-state index contributed by atoms with van der Waals surface area (Å²) >= 11 is 0. The van der Waals surface area contributed by atoms with Crippen molar-refractivity contribution in [2.24, 2.45) is 5.92 Å². The van der Waals surface area contributed by atoms with E-state index in [0.29, 0.717) is 38.4 Å². The van der Waals surface area contributed by atoms with Gasteiger partial charge in [-0.25, -0.2) is 4.39 Å². The normalized spacial score (nSPS) is 21.4. The lowest BCUT2D eigenvalue weighted by Gasteiger charge is -2.35. The van der Waals surface area contributed by atoms with E-state index in [9.17, 15) is 14.0 Å². The van der Waals surface area contributed by atoms with E-state index in [1.54, 1.807) is 12.1 Å². The van der Waals surface area contributed by atoms with E-state index in [1.165, 1.54) is 12.1 Å². The molecule has 2 saturated heterocycles. The van der Waals surface area contributed by atoms with E-state index in [2.05, 4.69) is 18.7 Å². The van der Waals surface area contributed by atoms with Gasteiger partial charge < -0.3 is 14.7 Å². The molecule has 2 fully saturated rings. The highest BCUT2D eigenvalue weighted by Crippen LogP contribution is 2.21. The van der Waals surface area contributed by atoms with Crippen LogP contribution < -0.4 is 0 Å². The van der Waals surface area contributed by atoms with E-state index in [1.807, 2.05) is 9.80 Å². The number of nitrogens with zero attached hydrogens (tertiary/aromatic N) is 3. The number of hydrogen-bond donors (Lipinski definition) is 0. The van der Waals surface area contributed by atoms with Crippen LogP contribution in [0.4, 0.5) is 4.39 Å². The third-order valence-corrected chi connectivity index (χ3v) is 5.94. The molecule has 0 N–H and O–H groups in total. The fraction of sp³-hybridized carbons (Fsp3) is 0.636. The second-order valence-electron chi connectivity index (χ2n) is 8.35. The average molecular weight is 390 g/mol. The average Bonchev–Trinajstić information content (AvgIpc) is 3.16. The van der Waals surface area contributed by atoms with Crippen molar-refractivity contribution in [1.29, 1.82) is 0 Å². The lowest BCUT2D eigenvalue weighted by atomic mass is 10.0. The fourth-order valence-electron chi connectivity index (χ4n) is 4.18. The standard InChI is InChI=1S/C22H32FN3O2/c1-17(2)20-16-24(13-9-21(27)25-11-3-4-12-25)14-10-22(28)26(20)15-18-5-7-19(23)8-6-18/h5-8,17,20H,3-4,9-16H2,1-2H3. The van der Waals surface area contributed by atoms with Crippen LogP contribution in [0.5, 0.6) is 0 Å². The molecule has 1 aromatic rings. The summed E-state index contributed by atoms with van der Waals surface area (Å²) in [7, 11) is 0. The van der Waals surface area contributed by atoms with Gasteiger partial charge in [-0.1, -0.05) is 26.0 Å². The number of hydrogen-bond acceptors (Lipinski definition) is 3. The molecule has 6 heteroatoms. The number of amides is 2. The van der Waals surface area contributed by atoms with Gasteiger partial charge in [0.15, 0.2) is 0 Å². The highest BCUT2D eigenvalue weighted by Gasteiger charge is 2.32. The Balaban J connectivity index is 1.63. The van der Waals surface area contributed by atoms with Crippen molar-refractivity contribution < 1.29 is 14.0 Å². The molecule has 154 valence electrons. The summed E-state index contributed by atoms with van der Waals surface area (Å²) in [6, 6.07) is 6.47. The summed E-state index contributed by atoms with van der Waals surface area (Å²) in [5, 5.41) is 0. The number of carbonyl (C=O) groups is 2. The van der Waals surface area contributed by atoms with Crippen LogP contribution in [0.2, 0.25) is 0 Å². The van der Waals surface area contributed by atoms with Gasteiger partial charge in [0, 0.05) is 58.2 Å². The van der Waals surface area contributed by atoms with Crippen molar-refractivity contribution in [2.45, 2.75) is 52.1 Å². The highest BCUT2D eigenvalue weighted by atomic mass is 19.1. The predicted molar refractivity (Wildman–Crippen MR) is 107 cm³/mol. The summed E-state index contributed by atoms with van der Waals surface area (Å²) in [5.41, 5.74) is 0.943. The Morgan fingerprint density at radius 1 is 1.14 bits per heavy atom. The first-order valence-electron chi connectivity index (χ1n) is 10.5. The molecule has 0 bridgehead atoms. The number of carbonyl (C=O) groups excluding carboxylic acids is 2. The molecular weight excluding hydrogens is 357 g/mol. The van der Waals surface area contributed by atoms with Crippen molar-refractivity contribution in [3.63, 3.8) is 0 Å². The maximum Gasteiger partial charge on any atom is 0.224 e. The molecule has 2 heterocycles. The van der Waals surface area contributed by atoms with Gasteiger partial charge in [-0.2, -0.15) is 0 Å². The first-order valence-corrected chi connectivity index (χ1v) is 10.5. The SMILES string of the molecule is CC(C)C1CN(CCC(=O)N2CCCC2)CCC(=O)N1Cc1ccc(F)cc1. The molecule has 2 amide bonds. The minimum Gasteiger partial charge on any atom is -0.343 e. The second-order valence-corrected chi connectivity index (χ2v) is 8.35.